The summed E-state index contributed by atoms with van der Waals surface area (Å²) in [6.07, 6.45) is 1.28. The summed E-state index contributed by atoms with van der Waals surface area (Å²) >= 11 is 5.55. The summed E-state index contributed by atoms with van der Waals surface area (Å²) in [5.41, 5.74) is 1.68. The van der Waals surface area contributed by atoms with Crippen LogP contribution in [0.1, 0.15) is 12.8 Å². The van der Waals surface area contributed by atoms with Gasteiger partial charge in [0.25, 0.3) is 0 Å². The Kier molecular flexibility index (Phi) is 6.14. The lowest BCUT2D eigenvalue weighted by Gasteiger charge is -2.28. The van der Waals surface area contributed by atoms with Crippen molar-refractivity contribution in [2.75, 3.05) is 47.6 Å². The van der Waals surface area contributed by atoms with Crippen LogP contribution in [0.15, 0.2) is 24.3 Å². The average molecular weight is 333 g/mol. The Bertz CT molecular complexity index is 528. The second-order valence-electron chi connectivity index (χ2n) is 4.96. The van der Waals surface area contributed by atoms with Crippen molar-refractivity contribution in [2.24, 2.45) is 0 Å². The third kappa shape index (κ3) is 5.37. The fourth-order valence-electron chi connectivity index (χ4n) is 2.18. The molecule has 0 amide bonds. The molecule has 2 rings (SSSR count). The lowest BCUT2D eigenvalue weighted by atomic mass is 10.2. The normalized spacial score (nSPS) is 16.0. The minimum Gasteiger partial charge on any atom is -0.378 e. The predicted molar refractivity (Wildman–Crippen MR) is 86.8 cm³/mol. The molecule has 5 nitrogen and oxygen atoms in total. The minimum absolute atomic E-state index is 0.102. The number of nitrogens with one attached hydrogen (secondary N) is 1. The molecule has 0 aromatic heterocycles. The summed E-state index contributed by atoms with van der Waals surface area (Å²) < 4.78 is 31.7. The topological polar surface area (TPSA) is 58.6 Å². The van der Waals surface area contributed by atoms with Gasteiger partial charge in [-0.05, 0) is 37.1 Å². The number of rotatable bonds is 7. The van der Waals surface area contributed by atoms with E-state index in [2.05, 4.69) is 9.62 Å². The summed E-state index contributed by atoms with van der Waals surface area (Å²) in [5, 5.41) is 0. The first-order valence-corrected chi connectivity index (χ1v) is 9.28. The Balaban J connectivity index is 1.92. The fourth-order valence-corrected chi connectivity index (χ4v) is 3.55. The quantitative estimate of drug-likeness (QED) is 0.615. The molecule has 0 spiro atoms. The number of benzene rings is 1. The SMILES string of the molecule is O=S(=O)(CCCCCl)Nc1ccc(N2CCOCC2)cc1. The van der Waals surface area contributed by atoms with Gasteiger partial charge in [0.15, 0.2) is 0 Å². The molecule has 1 saturated heterocycles. The Morgan fingerprint density at radius 2 is 1.81 bits per heavy atom. The number of hydrogen-bond donors (Lipinski definition) is 1. The van der Waals surface area contributed by atoms with Crippen LogP contribution in [-0.2, 0) is 14.8 Å². The first-order valence-electron chi connectivity index (χ1n) is 7.10. The molecule has 1 aromatic carbocycles. The smallest absolute Gasteiger partial charge is 0.232 e. The van der Waals surface area contributed by atoms with E-state index in [0.717, 1.165) is 32.0 Å². The number of sulfonamides is 1. The zero-order valence-corrected chi connectivity index (χ0v) is 13.5. The fraction of sp³-hybridized carbons (Fsp3) is 0.571. The lowest BCUT2D eigenvalue weighted by Crippen LogP contribution is -2.36. The number of morpholine rings is 1. The molecule has 1 fully saturated rings. The molecule has 118 valence electrons. The zero-order valence-electron chi connectivity index (χ0n) is 11.9. The number of ether oxygens (including phenoxy) is 1. The molecule has 21 heavy (non-hydrogen) atoms. The first kappa shape index (κ1) is 16.4. The molecule has 0 radical (unpaired) electrons. The van der Waals surface area contributed by atoms with Gasteiger partial charge in [-0.3, -0.25) is 4.72 Å². The minimum atomic E-state index is -3.29. The highest BCUT2D eigenvalue weighted by atomic mass is 35.5. The summed E-state index contributed by atoms with van der Waals surface area (Å²) in [6, 6.07) is 7.46. The van der Waals surface area contributed by atoms with E-state index in [1.807, 2.05) is 12.1 Å². The molecule has 7 heteroatoms. The lowest BCUT2D eigenvalue weighted by molar-refractivity contribution is 0.122. The van der Waals surface area contributed by atoms with E-state index in [9.17, 15) is 8.42 Å². The van der Waals surface area contributed by atoms with Crippen molar-refractivity contribution in [3.63, 3.8) is 0 Å². The molecule has 1 aliphatic heterocycles. The van der Waals surface area contributed by atoms with Crippen molar-refractivity contribution >= 4 is 33.0 Å². The summed E-state index contributed by atoms with van der Waals surface area (Å²) in [7, 11) is -3.29. The van der Waals surface area contributed by atoms with Crippen molar-refractivity contribution < 1.29 is 13.2 Å². The molecule has 0 bridgehead atoms. The third-order valence-corrected chi connectivity index (χ3v) is 4.95. The zero-order chi connectivity index (χ0) is 15.1. The maximum atomic E-state index is 11.9. The van der Waals surface area contributed by atoms with Gasteiger partial charge in [0.05, 0.1) is 19.0 Å². The molecule has 1 N–H and O–H groups in total. The molecule has 1 aliphatic rings. The van der Waals surface area contributed by atoms with Crippen molar-refractivity contribution in [1.82, 2.24) is 0 Å². The largest absolute Gasteiger partial charge is 0.378 e. The average Bonchev–Trinajstić information content (AvgIpc) is 2.49. The molecular weight excluding hydrogens is 312 g/mol. The van der Waals surface area contributed by atoms with E-state index in [1.54, 1.807) is 12.1 Å². The molecule has 0 atom stereocenters. The number of hydrogen-bond acceptors (Lipinski definition) is 4. The molecule has 0 aliphatic carbocycles. The standard InChI is InChI=1S/C14H21ClN2O3S/c15-7-1-2-12-21(18,19)16-13-3-5-14(6-4-13)17-8-10-20-11-9-17/h3-6,16H,1-2,7-12H2. The number of nitrogens with zero attached hydrogens (tertiary/aromatic N) is 1. The number of unbranched alkanes of at least 4 members (excludes halogenated alkanes) is 1. The van der Waals surface area contributed by atoms with Crippen LogP contribution < -0.4 is 9.62 Å². The molecule has 0 saturated carbocycles. The van der Waals surface area contributed by atoms with Gasteiger partial charge < -0.3 is 9.64 Å². The van der Waals surface area contributed by atoms with E-state index in [-0.39, 0.29) is 5.75 Å². The molecule has 0 unspecified atom stereocenters. The Hall–Kier alpha value is -0.980. The maximum Gasteiger partial charge on any atom is 0.232 e. The van der Waals surface area contributed by atoms with Crippen LogP contribution >= 0.6 is 11.6 Å². The van der Waals surface area contributed by atoms with E-state index >= 15 is 0 Å². The van der Waals surface area contributed by atoms with Gasteiger partial charge in [-0.1, -0.05) is 0 Å². The number of anilines is 2. The van der Waals surface area contributed by atoms with Gasteiger partial charge in [-0.25, -0.2) is 8.42 Å². The van der Waals surface area contributed by atoms with Crippen LogP contribution in [0.2, 0.25) is 0 Å². The van der Waals surface area contributed by atoms with E-state index in [0.29, 0.717) is 24.4 Å². The first-order chi connectivity index (χ1) is 10.1. The van der Waals surface area contributed by atoms with Crippen LogP contribution in [0, 0.1) is 0 Å². The second kappa shape index (κ2) is 7.87. The highest BCUT2D eigenvalue weighted by Gasteiger charge is 2.12. The summed E-state index contributed by atoms with van der Waals surface area (Å²) in [6.45, 7) is 3.19. The summed E-state index contributed by atoms with van der Waals surface area (Å²) in [5.74, 6) is 0.592. The predicted octanol–water partition coefficient (Wildman–Crippen LogP) is 2.28. The van der Waals surface area contributed by atoms with Crippen molar-refractivity contribution in [2.45, 2.75) is 12.8 Å². The maximum absolute atomic E-state index is 11.9. The van der Waals surface area contributed by atoms with Crippen molar-refractivity contribution in [3.8, 4) is 0 Å². The van der Waals surface area contributed by atoms with Gasteiger partial charge >= 0.3 is 0 Å². The third-order valence-electron chi connectivity index (χ3n) is 3.31. The summed E-state index contributed by atoms with van der Waals surface area (Å²) in [4.78, 5) is 2.22. The Morgan fingerprint density at radius 3 is 2.43 bits per heavy atom. The van der Waals surface area contributed by atoms with Gasteiger partial charge in [0, 0.05) is 30.3 Å². The van der Waals surface area contributed by atoms with Crippen molar-refractivity contribution in [1.29, 1.82) is 0 Å². The van der Waals surface area contributed by atoms with Crippen LogP contribution in [-0.4, -0.2) is 46.4 Å². The van der Waals surface area contributed by atoms with Crippen LogP contribution in [0.3, 0.4) is 0 Å². The monoisotopic (exact) mass is 332 g/mol. The van der Waals surface area contributed by atoms with Gasteiger partial charge in [-0.15, -0.1) is 11.6 Å². The second-order valence-corrected chi connectivity index (χ2v) is 7.18. The van der Waals surface area contributed by atoms with Crippen molar-refractivity contribution in [3.05, 3.63) is 24.3 Å². The van der Waals surface area contributed by atoms with Crippen LogP contribution in [0.4, 0.5) is 11.4 Å². The Labute approximate surface area is 131 Å². The van der Waals surface area contributed by atoms with Crippen LogP contribution in [0.5, 0.6) is 0 Å². The van der Waals surface area contributed by atoms with E-state index in [1.165, 1.54) is 0 Å². The highest BCUT2D eigenvalue weighted by molar-refractivity contribution is 7.92. The van der Waals surface area contributed by atoms with Crippen LogP contribution in [0.25, 0.3) is 0 Å². The van der Waals surface area contributed by atoms with Gasteiger partial charge in [0.2, 0.25) is 10.0 Å². The number of alkyl halides is 1. The Morgan fingerprint density at radius 1 is 1.14 bits per heavy atom. The van der Waals surface area contributed by atoms with E-state index < -0.39 is 10.0 Å². The molecular formula is C14H21ClN2O3S. The molecule has 1 aromatic rings. The van der Waals surface area contributed by atoms with Gasteiger partial charge in [-0.2, -0.15) is 0 Å². The highest BCUT2D eigenvalue weighted by Crippen LogP contribution is 2.19. The van der Waals surface area contributed by atoms with Gasteiger partial charge in [0.1, 0.15) is 0 Å². The molecule has 1 heterocycles. The van der Waals surface area contributed by atoms with E-state index in [4.69, 9.17) is 16.3 Å². The number of halogens is 1.